The number of carbonyl (C=O) groups is 1. The van der Waals surface area contributed by atoms with Gasteiger partial charge < -0.3 is 5.32 Å². The van der Waals surface area contributed by atoms with Crippen LogP contribution in [0.2, 0.25) is 0 Å². The molecule has 3 aromatic rings. The number of aryl methyl sites for hydroxylation is 2. The van der Waals surface area contributed by atoms with Gasteiger partial charge in [0.05, 0.1) is 5.39 Å². The van der Waals surface area contributed by atoms with Crippen molar-refractivity contribution in [1.82, 2.24) is 14.9 Å². The molecule has 0 unspecified atom stereocenters. The molecule has 24 heavy (non-hydrogen) atoms. The van der Waals surface area contributed by atoms with Crippen LogP contribution in [0, 0.1) is 6.92 Å². The van der Waals surface area contributed by atoms with E-state index >= 15 is 0 Å². The van der Waals surface area contributed by atoms with E-state index in [1.165, 1.54) is 15.9 Å². The smallest absolute Gasteiger partial charge is 0.262 e. The topological polar surface area (TPSA) is 64.0 Å². The van der Waals surface area contributed by atoms with Gasteiger partial charge in [0.1, 0.15) is 17.2 Å². The van der Waals surface area contributed by atoms with Crippen molar-refractivity contribution in [2.45, 2.75) is 33.4 Å². The van der Waals surface area contributed by atoms with Crippen molar-refractivity contribution in [2.24, 2.45) is 0 Å². The zero-order valence-electron chi connectivity index (χ0n) is 13.7. The lowest BCUT2D eigenvalue weighted by Crippen LogP contribution is -2.33. The summed E-state index contributed by atoms with van der Waals surface area (Å²) in [5.41, 5.74) is 0.872. The molecule has 1 amide bonds. The number of benzene rings is 1. The summed E-state index contributed by atoms with van der Waals surface area (Å²) in [5.74, 6) is 0.364. The fraction of sp³-hybridized carbons (Fsp3) is 0.278. The van der Waals surface area contributed by atoms with E-state index < -0.39 is 0 Å². The number of fused-ring (bicyclic) bond motifs is 1. The van der Waals surface area contributed by atoms with Gasteiger partial charge in [-0.3, -0.25) is 14.2 Å². The minimum absolute atomic E-state index is 0.0161. The lowest BCUT2D eigenvalue weighted by atomic mass is 10.2. The molecule has 5 nitrogen and oxygen atoms in total. The van der Waals surface area contributed by atoms with E-state index in [-0.39, 0.29) is 18.0 Å². The highest BCUT2D eigenvalue weighted by Crippen LogP contribution is 2.21. The van der Waals surface area contributed by atoms with Crippen LogP contribution in [0.15, 0.2) is 41.2 Å². The largest absolute Gasteiger partial charge is 0.350 e. The van der Waals surface area contributed by atoms with Gasteiger partial charge in [0.25, 0.3) is 5.56 Å². The number of thiophene rings is 1. The average Bonchev–Trinajstić information content (AvgIpc) is 3.01. The van der Waals surface area contributed by atoms with E-state index in [1.54, 1.807) is 6.92 Å². The van der Waals surface area contributed by atoms with Crippen LogP contribution in [0.5, 0.6) is 0 Å². The van der Waals surface area contributed by atoms with Crippen molar-refractivity contribution in [2.75, 3.05) is 0 Å². The van der Waals surface area contributed by atoms with Crippen molar-refractivity contribution in [3.63, 3.8) is 0 Å². The Morgan fingerprint density at radius 2 is 2.04 bits per heavy atom. The van der Waals surface area contributed by atoms with Crippen LogP contribution in [-0.4, -0.2) is 15.5 Å². The summed E-state index contributed by atoms with van der Waals surface area (Å²) in [6.07, 6.45) is 0.872. The van der Waals surface area contributed by atoms with Crippen molar-refractivity contribution < 1.29 is 4.79 Å². The number of hydrogen-bond donors (Lipinski definition) is 1. The Morgan fingerprint density at radius 1 is 1.29 bits per heavy atom. The minimum atomic E-state index is -0.198. The molecule has 0 radical (unpaired) electrons. The lowest BCUT2D eigenvalue weighted by Gasteiger charge is -2.10. The fourth-order valence-electron chi connectivity index (χ4n) is 2.52. The molecule has 0 saturated carbocycles. The molecule has 1 aromatic carbocycles. The van der Waals surface area contributed by atoms with E-state index in [2.05, 4.69) is 10.3 Å². The van der Waals surface area contributed by atoms with Gasteiger partial charge in [0.15, 0.2) is 0 Å². The Morgan fingerprint density at radius 3 is 2.75 bits per heavy atom. The molecule has 2 heterocycles. The molecule has 1 N–H and O–H groups in total. The van der Waals surface area contributed by atoms with Crippen LogP contribution < -0.4 is 10.9 Å². The van der Waals surface area contributed by atoms with E-state index in [4.69, 9.17) is 0 Å². The van der Waals surface area contributed by atoms with Gasteiger partial charge in [0, 0.05) is 11.4 Å². The summed E-state index contributed by atoms with van der Waals surface area (Å²) in [6, 6.07) is 11.6. The van der Waals surface area contributed by atoms with Crippen molar-refractivity contribution >= 4 is 27.5 Å². The van der Waals surface area contributed by atoms with E-state index in [9.17, 15) is 9.59 Å². The molecular formula is C18H19N3O2S. The predicted octanol–water partition coefficient (Wildman–Crippen LogP) is 2.65. The third kappa shape index (κ3) is 3.38. The zero-order valence-corrected chi connectivity index (χ0v) is 14.5. The highest BCUT2D eigenvalue weighted by atomic mass is 32.1. The zero-order chi connectivity index (χ0) is 17.1. The SMILES string of the molecule is CCc1cc2c(=O)n(CC(=O)NCc3ccccc3)c(C)nc2s1. The van der Waals surface area contributed by atoms with E-state index in [1.807, 2.05) is 43.3 Å². The maximum absolute atomic E-state index is 12.6. The normalized spacial score (nSPS) is 10.9. The maximum Gasteiger partial charge on any atom is 0.262 e. The van der Waals surface area contributed by atoms with Crippen molar-refractivity contribution in [3.8, 4) is 0 Å². The van der Waals surface area contributed by atoms with Gasteiger partial charge in [-0.05, 0) is 25.0 Å². The van der Waals surface area contributed by atoms with Crippen LogP contribution in [0.3, 0.4) is 0 Å². The van der Waals surface area contributed by atoms with Gasteiger partial charge in [-0.2, -0.15) is 0 Å². The second-order valence-electron chi connectivity index (χ2n) is 5.60. The van der Waals surface area contributed by atoms with E-state index in [0.29, 0.717) is 17.8 Å². The number of rotatable bonds is 5. The highest BCUT2D eigenvalue weighted by molar-refractivity contribution is 7.18. The monoisotopic (exact) mass is 341 g/mol. The Kier molecular flexibility index (Phi) is 4.76. The first-order valence-electron chi connectivity index (χ1n) is 7.89. The standard InChI is InChI=1S/C18H19N3O2S/c1-3-14-9-15-17(24-14)20-12(2)21(18(15)23)11-16(22)19-10-13-7-5-4-6-8-13/h4-9H,3,10-11H2,1-2H3,(H,19,22). The summed E-state index contributed by atoms with van der Waals surface area (Å²) >= 11 is 1.54. The second-order valence-corrected chi connectivity index (χ2v) is 6.71. The van der Waals surface area contributed by atoms with Crippen LogP contribution in [0.25, 0.3) is 10.2 Å². The molecule has 0 aliphatic rings. The van der Waals surface area contributed by atoms with Crippen LogP contribution in [0.4, 0.5) is 0 Å². The van der Waals surface area contributed by atoms with Crippen molar-refractivity contribution in [3.05, 3.63) is 63.0 Å². The first-order valence-corrected chi connectivity index (χ1v) is 8.70. The first kappa shape index (κ1) is 16.4. The van der Waals surface area contributed by atoms with Crippen molar-refractivity contribution in [1.29, 1.82) is 0 Å². The quantitative estimate of drug-likeness (QED) is 0.776. The number of carbonyl (C=O) groups excluding carboxylic acids is 1. The van der Waals surface area contributed by atoms with Gasteiger partial charge in [-0.1, -0.05) is 37.3 Å². The van der Waals surface area contributed by atoms with Gasteiger partial charge in [-0.15, -0.1) is 11.3 Å². The molecular weight excluding hydrogens is 322 g/mol. The van der Waals surface area contributed by atoms with Gasteiger partial charge in [-0.25, -0.2) is 4.98 Å². The number of aromatic nitrogens is 2. The first-order chi connectivity index (χ1) is 11.6. The molecule has 6 heteroatoms. The Labute approximate surface area is 144 Å². The molecule has 0 atom stereocenters. The van der Waals surface area contributed by atoms with Crippen LogP contribution in [-0.2, 0) is 24.3 Å². The summed E-state index contributed by atoms with van der Waals surface area (Å²) in [4.78, 5) is 31.2. The Hall–Kier alpha value is -2.47. The molecule has 0 saturated heterocycles. The summed E-state index contributed by atoms with van der Waals surface area (Å²) < 4.78 is 1.44. The Balaban J connectivity index is 1.79. The van der Waals surface area contributed by atoms with Crippen LogP contribution in [0.1, 0.15) is 23.2 Å². The van der Waals surface area contributed by atoms with E-state index in [0.717, 1.165) is 21.7 Å². The van der Waals surface area contributed by atoms with Gasteiger partial charge in [0.2, 0.25) is 5.91 Å². The number of amides is 1. The maximum atomic E-state index is 12.6. The third-order valence-electron chi connectivity index (χ3n) is 3.88. The number of nitrogens with zero attached hydrogens (tertiary/aromatic N) is 2. The van der Waals surface area contributed by atoms with Crippen LogP contribution >= 0.6 is 11.3 Å². The number of nitrogens with one attached hydrogen (secondary N) is 1. The molecule has 0 bridgehead atoms. The minimum Gasteiger partial charge on any atom is -0.350 e. The van der Waals surface area contributed by atoms with Gasteiger partial charge >= 0.3 is 0 Å². The fourth-order valence-corrected chi connectivity index (χ4v) is 3.53. The number of hydrogen-bond acceptors (Lipinski definition) is 4. The summed E-state index contributed by atoms with van der Waals surface area (Å²) in [7, 11) is 0. The molecule has 2 aromatic heterocycles. The predicted molar refractivity (Wildman–Crippen MR) is 96.3 cm³/mol. The molecule has 0 aliphatic heterocycles. The Bertz CT molecular complexity index is 929. The average molecular weight is 341 g/mol. The molecule has 124 valence electrons. The lowest BCUT2D eigenvalue weighted by molar-refractivity contribution is -0.121. The second kappa shape index (κ2) is 6.97. The molecule has 0 spiro atoms. The highest BCUT2D eigenvalue weighted by Gasteiger charge is 2.13. The molecule has 0 aliphatic carbocycles. The molecule has 0 fully saturated rings. The summed E-state index contributed by atoms with van der Waals surface area (Å²) in [6.45, 7) is 4.24. The summed E-state index contributed by atoms with van der Waals surface area (Å²) in [5, 5.41) is 3.44. The third-order valence-corrected chi connectivity index (χ3v) is 5.05. The molecule has 3 rings (SSSR count).